The van der Waals surface area contributed by atoms with Crippen LogP contribution in [0.25, 0.3) is 11.1 Å². The fourth-order valence-corrected chi connectivity index (χ4v) is 3.52. The van der Waals surface area contributed by atoms with E-state index < -0.39 is 6.04 Å². The Hall–Kier alpha value is -3.15. The molecule has 2 amide bonds. The van der Waals surface area contributed by atoms with Crippen LogP contribution in [0.3, 0.4) is 0 Å². The molecule has 6 heteroatoms. The zero-order valence-electron chi connectivity index (χ0n) is 14.7. The third-order valence-corrected chi connectivity index (χ3v) is 4.81. The number of rotatable bonds is 2. The number of carbonyl (C=O) groups is 2. The molecule has 26 heavy (non-hydrogen) atoms. The van der Waals surface area contributed by atoms with E-state index in [4.69, 9.17) is 4.42 Å². The van der Waals surface area contributed by atoms with Crippen LogP contribution in [-0.2, 0) is 17.8 Å². The number of nitrogens with one attached hydrogen (secondary N) is 1. The molecular weight excluding hydrogens is 330 g/mol. The average Bonchev–Trinajstić information content (AvgIpc) is 3.05. The van der Waals surface area contributed by atoms with Crippen molar-refractivity contribution in [1.29, 1.82) is 0 Å². The zero-order chi connectivity index (χ0) is 18.3. The van der Waals surface area contributed by atoms with E-state index in [9.17, 15) is 9.59 Å². The van der Waals surface area contributed by atoms with Crippen LogP contribution < -0.4 is 5.32 Å². The molecule has 0 saturated carbocycles. The Morgan fingerprint density at radius 2 is 1.92 bits per heavy atom. The molecule has 1 aromatic heterocycles. The van der Waals surface area contributed by atoms with Gasteiger partial charge in [0, 0.05) is 26.9 Å². The van der Waals surface area contributed by atoms with Crippen LogP contribution in [0.2, 0.25) is 0 Å². The third kappa shape index (κ3) is 2.63. The molecular formula is C20H19N3O3. The summed E-state index contributed by atoms with van der Waals surface area (Å²) < 4.78 is 5.54. The molecule has 1 atom stereocenters. The highest BCUT2D eigenvalue weighted by atomic mass is 16.3. The van der Waals surface area contributed by atoms with Crippen LogP contribution in [0.15, 0.2) is 46.9 Å². The predicted octanol–water partition coefficient (Wildman–Crippen LogP) is 2.45. The van der Waals surface area contributed by atoms with Gasteiger partial charge in [-0.05, 0) is 23.3 Å². The topological polar surface area (TPSA) is 75.4 Å². The summed E-state index contributed by atoms with van der Waals surface area (Å²) in [5.41, 5.74) is 3.71. The Morgan fingerprint density at radius 1 is 1.15 bits per heavy atom. The Labute approximate surface area is 150 Å². The van der Waals surface area contributed by atoms with Crippen LogP contribution in [0, 0.1) is 6.92 Å². The molecule has 1 N–H and O–H groups in total. The lowest BCUT2D eigenvalue weighted by atomic mass is 9.92. The zero-order valence-corrected chi connectivity index (χ0v) is 14.7. The van der Waals surface area contributed by atoms with Gasteiger partial charge in [-0.3, -0.25) is 9.59 Å². The predicted molar refractivity (Wildman–Crippen MR) is 96.6 cm³/mol. The largest absolute Gasteiger partial charge is 0.441 e. The number of carbonyl (C=O) groups excluding carboxylic acids is 2. The summed E-state index contributed by atoms with van der Waals surface area (Å²) in [6.07, 6.45) is 0.495. The number of oxazole rings is 1. The van der Waals surface area contributed by atoms with E-state index >= 15 is 0 Å². The number of hydrogen-bond donors (Lipinski definition) is 1. The van der Waals surface area contributed by atoms with Crippen molar-refractivity contribution in [3.63, 3.8) is 0 Å². The number of benzene rings is 2. The highest BCUT2D eigenvalue weighted by Gasteiger charge is 2.35. The molecule has 3 aromatic rings. The van der Waals surface area contributed by atoms with Crippen LogP contribution in [0.4, 0.5) is 0 Å². The first-order valence-corrected chi connectivity index (χ1v) is 8.54. The first-order valence-electron chi connectivity index (χ1n) is 8.54. The van der Waals surface area contributed by atoms with Gasteiger partial charge in [-0.15, -0.1) is 0 Å². The van der Waals surface area contributed by atoms with Crippen molar-refractivity contribution in [2.75, 3.05) is 7.05 Å². The van der Waals surface area contributed by atoms with Gasteiger partial charge in [0.05, 0.1) is 5.56 Å². The van der Waals surface area contributed by atoms with Crippen molar-refractivity contribution in [3.8, 4) is 0 Å². The summed E-state index contributed by atoms with van der Waals surface area (Å²) in [7, 11) is 1.59. The SMILES string of the molecule is CNC(=O)[C@@H]1Cc2ccccc2CN1C(=O)c1cccc2oc(C)nc12. The third-order valence-electron chi connectivity index (χ3n) is 4.81. The number of amides is 2. The molecule has 0 saturated heterocycles. The van der Waals surface area contributed by atoms with Gasteiger partial charge in [0.25, 0.3) is 5.91 Å². The van der Waals surface area contributed by atoms with Crippen LogP contribution >= 0.6 is 0 Å². The highest BCUT2D eigenvalue weighted by Crippen LogP contribution is 2.27. The van der Waals surface area contributed by atoms with Crippen molar-refractivity contribution >= 4 is 22.9 Å². The number of likely N-dealkylation sites (N-methyl/N-ethyl adjacent to an activating group) is 1. The fraction of sp³-hybridized carbons (Fsp3) is 0.250. The molecule has 2 heterocycles. The summed E-state index contributed by atoms with van der Waals surface area (Å²) in [6, 6.07) is 12.6. The number of nitrogens with zero attached hydrogens (tertiary/aromatic N) is 2. The molecule has 1 aliphatic rings. The van der Waals surface area contributed by atoms with Gasteiger partial charge in [-0.25, -0.2) is 4.98 Å². The van der Waals surface area contributed by atoms with Crippen molar-refractivity contribution in [2.24, 2.45) is 0 Å². The molecule has 0 unspecified atom stereocenters. The summed E-state index contributed by atoms with van der Waals surface area (Å²) in [5.74, 6) is 0.121. The normalized spacial score (nSPS) is 16.4. The van der Waals surface area contributed by atoms with Gasteiger partial charge >= 0.3 is 0 Å². The van der Waals surface area contributed by atoms with E-state index in [-0.39, 0.29) is 11.8 Å². The van der Waals surface area contributed by atoms with Gasteiger partial charge in [-0.1, -0.05) is 30.3 Å². The summed E-state index contributed by atoms with van der Waals surface area (Å²) in [5, 5.41) is 2.68. The molecule has 4 rings (SSSR count). The smallest absolute Gasteiger partial charge is 0.257 e. The number of aryl methyl sites for hydroxylation is 1. The maximum Gasteiger partial charge on any atom is 0.257 e. The molecule has 0 fully saturated rings. The molecule has 2 aromatic carbocycles. The monoisotopic (exact) mass is 349 g/mol. The summed E-state index contributed by atoms with van der Waals surface area (Å²) in [6.45, 7) is 2.14. The fourth-order valence-electron chi connectivity index (χ4n) is 3.52. The van der Waals surface area contributed by atoms with E-state index in [0.717, 1.165) is 11.1 Å². The minimum Gasteiger partial charge on any atom is -0.441 e. The maximum atomic E-state index is 13.3. The van der Waals surface area contributed by atoms with Gasteiger partial charge in [0.1, 0.15) is 11.6 Å². The minimum atomic E-state index is -0.550. The first-order chi connectivity index (χ1) is 12.6. The van der Waals surface area contributed by atoms with Crippen molar-refractivity contribution in [2.45, 2.75) is 25.9 Å². The van der Waals surface area contributed by atoms with Gasteiger partial charge in [-0.2, -0.15) is 0 Å². The average molecular weight is 349 g/mol. The van der Waals surface area contributed by atoms with Gasteiger partial charge < -0.3 is 14.6 Å². The first kappa shape index (κ1) is 16.3. The lowest BCUT2D eigenvalue weighted by molar-refractivity contribution is -0.125. The highest BCUT2D eigenvalue weighted by molar-refractivity contribution is 6.06. The van der Waals surface area contributed by atoms with Gasteiger partial charge in [0.15, 0.2) is 11.5 Å². The molecule has 0 aliphatic carbocycles. The van der Waals surface area contributed by atoms with E-state index in [2.05, 4.69) is 10.3 Å². The van der Waals surface area contributed by atoms with Crippen molar-refractivity contribution < 1.29 is 14.0 Å². The van der Waals surface area contributed by atoms with Crippen LogP contribution in [-0.4, -0.2) is 34.8 Å². The van der Waals surface area contributed by atoms with Crippen LogP contribution in [0.1, 0.15) is 27.4 Å². The number of para-hydroxylation sites is 1. The molecule has 0 radical (unpaired) electrons. The number of aromatic nitrogens is 1. The van der Waals surface area contributed by atoms with Crippen LogP contribution in [0.5, 0.6) is 0 Å². The second-order valence-corrected chi connectivity index (χ2v) is 6.42. The van der Waals surface area contributed by atoms with E-state index in [1.54, 1.807) is 37.1 Å². The molecule has 0 bridgehead atoms. The Morgan fingerprint density at radius 3 is 2.69 bits per heavy atom. The van der Waals surface area contributed by atoms with Gasteiger partial charge in [0.2, 0.25) is 5.91 Å². The summed E-state index contributed by atoms with van der Waals surface area (Å²) >= 11 is 0. The Balaban J connectivity index is 1.78. The Bertz CT molecular complexity index is 1010. The van der Waals surface area contributed by atoms with Crippen molar-refractivity contribution in [3.05, 3.63) is 65.0 Å². The molecule has 132 valence electrons. The number of hydrogen-bond acceptors (Lipinski definition) is 4. The van der Waals surface area contributed by atoms with E-state index in [1.165, 1.54) is 0 Å². The second-order valence-electron chi connectivity index (χ2n) is 6.42. The molecule has 6 nitrogen and oxygen atoms in total. The second kappa shape index (κ2) is 6.29. The standard InChI is InChI=1S/C20H19N3O3/c1-12-22-18-15(8-5-9-17(18)26-12)20(25)23-11-14-7-4-3-6-13(14)10-16(23)19(24)21-2/h3-9,16H,10-11H2,1-2H3,(H,21,24)/t16-/m0/s1. The van der Waals surface area contributed by atoms with Crippen molar-refractivity contribution in [1.82, 2.24) is 15.2 Å². The van der Waals surface area contributed by atoms with E-state index in [1.807, 2.05) is 24.3 Å². The lowest BCUT2D eigenvalue weighted by Crippen LogP contribution is -2.52. The Kier molecular flexibility index (Phi) is 3.95. The van der Waals surface area contributed by atoms with E-state index in [0.29, 0.717) is 35.5 Å². The maximum absolute atomic E-state index is 13.3. The quantitative estimate of drug-likeness (QED) is 0.771. The minimum absolute atomic E-state index is 0.170. The molecule has 1 aliphatic heterocycles. The number of fused-ring (bicyclic) bond motifs is 2. The lowest BCUT2D eigenvalue weighted by Gasteiger charge is -2.35. The molecule has 0 spiro atoms. The summed E-state index contributed by atoms with van der Waals surface area (Å²) in [4.78, 5) is 31.8.